The number of pyridine rings is 1. The summed E-state index contributed by atoms with van der Waals surface area (Å²) in [7, 11) is 1.27. The number of ether oxygens (including phenoxy) is 4. The molecule has 0 fully saturated rings. The summed E-state index contributed by atoms with van der Waals surface area (Å²) in [5.74, 6) is -1.42. The van der Waals surface area contributed by atoms with Gasteiger partial charge in [-0.25, -0.2) is 4.73 Å². The zero-order valence-corrected chi connectivity index (χ0v) is 26.6. The van der Waals surface area contributed by atoms with Crippen LogP contribution in [0.25, 0.3) is 0 Å². The second-order valence-corrected chi connectivity index (χ2v) is 12.6. The van der Waals surface area contributed by atoms with Crippen molar-refractivity contribution in [1.82, 2.24) is 4.90 Å². The van der Waals surface area contributed by atoms with Gasteiger partial charge in [-0.1, -0.05) is 12.1 Å². The second kappa shape index (κ2) is 14.4. The standard InChI is InChI=1S/C32H43N3O9/c1-31(2,3)43-28(37)21-33-20-24-18-25(13-12-22(24)17-23(29(33)38)19-27(36)41-7)42-16-10-14-34(30(39)44-32(4,5)6)26-11-8-9-15-35(26)40/h8-9,11-13,15,18,23H,10,14,16-17,19-21H2,1-7H3. The van der Waals surface area contributed by atoms with E-state index in [9.17, 15) is 24.4 Å². The fraction of sp³-hybridized carbons (Fsp3) is 0.531. The predicted molar refractivity (Wildman–Crippen MR) is 161 cm³/mol. The third-order valence-electron chi connectivity index (χ3n) is 6.54. The van der Waals surface area contributed by atoms with Crippen LogP contribution in [0.5, 0.6) is 5.75 Å². The molecule has 12 heteroatoms. The minimum absolute atomic E-state index is 0.114. The first-order valence-electron chi connectivity index (χ1n) is 14.6. The van der Waals surface area contributed by atoms with Crippen LogP contribution in [0.2, 0.25) is 0 Å². The lowest BCUT2D eigenvalue weighted by Crippen LogP contribution is -2.44. The van der Waals surface area contributed by atoms with Crippen molar-refractivity contribution in [2.75, 3.05) is 31.7 Å². The quantitative estimate of drug-likeness (QED) is 0.128. The van der Waals surface area contributed by atoms with Crippen LogP contribution in [0, 0.1) is 11.1 Å². The minimum Gasteiger partial charge on any atom is -0.711 e. The van der Waals surface area contributed by atoms with E-state index >= 15 is 0 Å². The molecular weight excluding hydrogens is 570 g/mol. The van der Waals surface area contributed by atoms with Gasteiger partial charge >= 0.3 is 18.0 Å². The smallest absolute Gasteiger partial charge is 0.507 e. The Labute approximate surface area is 258 Å². The first-order chi connectivity index (χ1) is 20.6. The Morgan fingerprint density at radius 3 is 2.34 bits per heavy atom. The molecule has 0 saturated heterocycles. The van der Waals surface area contributed by atoms with Gasteiger partial charge in [0.05, 0.1) is 32.3 Å². The van der Waals surface area contributed by atoms with Crippen molar-refractivity contribution in [3.05, 3.63) is 58.9 Å². The zero-order chi connectivity index (χ0) is 32.7. The van der Waals surface area contributed by atoms with Gasteiger partial charge in [0.15, 0.2) is 0 Å². The lowest BCUT2D eigenvalue weighted by molar-refractivity contribution is -0.591. The molecular formula is C32H43N3O9. The fourth-order valence-electron chi connectivity index (χ4n) is 4.70. The molecule has 2 aromatic rings. The normalized spacial score (nSPS) is 15.1. The van der Waals surface area contributed by atoms with Crippen LogP contribution in [0.1, 0.15) is 65.5 Å². The minimum atomic E-state index is -0.745. The number of hydrogen-bond donors (Lipinski definition) is 0. The fourth-order valence-corrected chi connectivity index (χ4v) is 4.70. The lowest BCUT2D eigenvalue weighted by atomic mass is 9.94. The van der Waals surface area contributed by atoms with Crippen LogP contribution in [0.4, 0.5) is 10.6 Å². The molecule has 44 heavy (non-hydrogen) atoms. The Morgan fingerprint density at radius 2 is 1.70 bits per heavy atom. The molecule has 1 aliphatic heterocycles. The molecule has 0 bridgehead atoms. The molecule has 2 amide bonds. The van der Waals surface area contributed by atoms with Gasteiger partial charge in [-0.3, -0.25) is 14.4 Å². The molecule has 240 valence electrons. The van der Waals surface area contributed by atoms with Crippen molar-refractivity contribution in [3.63, 3.8) is 0 Å². The molecule has 1 aliphatic rings. The summed E-state index contributed by atoms with van der Waals surface area (Å²) >= 11 is 0. The number of nitrogens with zero attached hydrogens (tertiary/aromatic N) is 3. The largest absolute Gasteiger partial charge is 0.711 e. The molecule has 0 spiro atoms. The highest BCUT2D eigenvalue weighted by Crippen LogP contribution is 2.29. The lowest BCUT2D eigenvalue weighted by Gasteiger charge is -2.26. The van der Waals surface area contributed by atoms with E-state index in [2.05, 4.69) is 0 Å². The first kappa shape index (κ1) is 34.1. The second-order valence-electron chi connectivity index (χ2n) is 12.6. The number of esters is 2. The highest BCUT2D eigenvalue weighted by atomic mass is 16.6. The van der Waals surface area contributed by atoms with Crippen molar-refractivity contribution < 1.29 is 42.9 Å². The molecule has 1 atom stereocenters. The highest BCUT2D eigenvalue weighted by molar-refractivity contribution is 5.87. The predicted octanol–water partition coefficient (Wildman–Crippen LogP) is 3.94. The zero-order valence-electron chi connectivity index (χ0n) is 26.6. The number of hydrogen-bond acceptors (Lipinski definition) is 9. The maximum atomic E-state index is 13.4. The monoisotopic (exact) mass is 613 g/mol. The molecule has 1 unspecified atom stereocenters. The summed E-state index contributed by atoms with van der Waals surface area (Å²) < 4.78 is 22.4. The van der Waals surface area contributed by atoms with Gasteiger partial charge in [-0.05, 0) is 77.3 Å². The number of fused-ring (bicyclic) bond motifs is 1. The van der Waals surface area contributed by atoms with Crippen LogP contribution in [-0.2, 0) is 41.6 Å². The van der Waals surface area contributed by atoms with E-state index in [1.54, 1.807) is 71.9 Å². The van der Waals surface area contributed by atoms with E-state index in [4.69, 9.17) is 18.9 Å². The number of methoxy groups -OCH3 is 1. The topological polar surface area (TPSA) is 139 Å². The highest BCUT2D eigenvalue weighted by Gasteiger charge is 2.34. The molecule has 1 aromatic heterocycles. The molecule has 0 N–H and O–H groups in total. The number of rotatable bonds is 10. The summed E-state index contributed by atoms with van der Waals surface area (Å²) in [6.07, 6.45) is 1.23. The molecule has 0 saturated carbocycles. The summed E-state index contributed by atoms with van der Waals surface area (Å²) in [5.41, 5.74) is 0.166. The average molecular weight is 614 g/mol. The van der Waals surface area contributed by atoms with Gasteiger partial charge < -0.3 is 29.1 Å². The molecule has 0 aliphatic carbocycles. The van der Waals surface area contributed by atoms with Crippen molar-refractivity contribution in [2.24, 2.45) is 5.92 Å². The van der Waals surface area contributed by atoms with Gasteiger partial charge in [-0.15, -0.1) is 0 Å². The van der Waals surface area contributed by atoms with E-state index in [0.29, 0.717) is 23.3 Å². The summed E-state index contributed by atoms with van der Waals surface area (Å²) in [6.45, 7) is 10.7. The Bertz CT molecular complexity index is 1350. The number of aromatic nitrogens is 1. The third-order valence-corrected chi connectivity index (χ3v) is 6.54. The molecule has 2 heterocycles. The van der Waals surface area contributed by atoms with Crippen LogP contribution in [0.15, 0.2) is 42.6 Å². The maximum absolute atomic E-state index is 13.4. The van der Waals surface area contributed by atoms with Gasteiger partial charge in [-0.2, -0.15) is 9.69 Å². The van der Waals surface area contributed by atoms with Gasteiger partial charge in [0.1, 0.15) is 30.0 Å². The van der Waals surface area contributed by atoms with E-state index in [1.807, 2.05) is 6.07 Å². The molecule has 0 radical (unpaired) electrons. The van der Waals surface area contributed by atoms with Gasteiger partial charge in [0, 0.05) is 19.0 Å². The van der Waals surface area contributed by atoms with E-state index in [1.165, 1.54) is 23.1 Å². The third kappa shape index (κ3) is 10.1. The summed E-state index contributed by atoms with van der Waals surface area (Å²) in [4.78, 5) is 53.7. The van der Waals surface area contributed by atoms with Crippen LogP contribution >= 0.6 is 0 Å². The van der Waals surface area contributed by atoms with Crippen molar-refractivity contribution >= 4 is 29.8 Å². The van der Waals surface area contributed by atoms with Crippen molar-refractivity contribution in [2.45, 2.75) is 78.6 Å². The van der Waals surface area contributed by atoms with Crippen LogP contribution in [-0.4, -0.2) is 66.8 Å². The molecule has 1 aromatic carbocycles. The van der Waals surface area contributed by atoms with Crippen LogP contribution < -0.4 is 14.4 Å². The molecule has 12 nitrogen and oxygen atoms in total. The van der Waals surface area contributed by atoms with Gasteiger partial charge in [0.2, 0.25) is 5.91 Å². The van der Waals surface area contributed by atoms with E-state index in [-0.39, 0.29) is 44.4 Å². The SMILES string of the molecule is COC(=O)CC1Cc2ccc(OCCCN(C(=O)OC(C)(C)C)c3cccc[n+]3[O-])cc2CN(CC(=O)OC(C)(C)C)C1=O. The average Bonchev–Trinajstić information content (AvgIpc) is 3.03. The van der Waals surface area contributed by atoms with Crippen molar-refractivity contribution in [1.29, 1.82) is 0 Å². The number of benzene rings is 1. The number of carbonyl (C=O) groups is 4. The first-order valence-corrected chi connectivity index (χ1v) is 14.6. The number of anilines is 1. The number of amides is 2. The molecule has 3 rings (SSSR count). The van der Waals surface area contributed by atoms with Gasteiger partial charge in [0.25, 0.3) is 5.82 Å². The van der Waals surface area contributed by atoms with E-state index in [0.717, 1.165) is 11.1 Å². The summed E-state index contributed by atoms with van der Waals surface area (Å²) in [5, 5.41) is 12.4. The van der Waals surface area contributed by atoms with Crippen LogP contribution in [0.3, 0.4) is 0 Å². The maximum Gasteiger partial charge on any atom is 0.507 e. The Balaban J connectivity index is 1.74. The Morgan fingerprint density at radius 1 is 1.00 bits per heavy atom. The Kier molecular flexibility index (Phi) is 11.2. The summed E-state index contributed by atoms with van der Waals surface area (Å²) in [6, 6.07) is 10.2. The number of carbonyl (C=O) groups excluding carboxylic acids is 4. The van der Waals surface area contributed by atoms with E-state index < -0.39 is 35.2 Å². The van der Waals surface area contributed by atoms with Crippen molar-refractivity contribution in [3.8, 4) is 5.75 Å². The Hall–Kier alpha value is -4.35.